The van der Waals surface area contributed by atoms with E-state index in [1.54, 1.807) is 0 Å². The van der Waals surface area contributed by atoms with Gasteiger partial charge in [-0.3, -0.25) is 9.59 Å². The lowest BCUT2D eigenvalue weighted by Crippen LogP contribution is -2.20. The Balaban J connectivity index is 1.99. The maximum Gasteiger partial charge on any atom is 0.306 e. The summed E-state index contributed by atoms with van der Waals surface area (Å²) >= 11 is 1.51. The summed E-state index contributed by atoms with van der Waals surface area (Å²) in [7, 11) is 0. The highest BCUT2D eigenvalue weighted by molar-refractivity contribution is 7.13. The van der Waals surface area contributed by atoms with Gasteiger partial charge in [-0.2, -0.15) is 0 Å². The van der Waals surface area contributed by atoms with E-state index in [-0.39, 0.29) is 24.5 Å². The zero-order chi connectivity index (χ0) is 17.7. The quantitative estimate of drug-likeness (QED) is 0.771. The molecule has 24 heavy (non-hydrogen) atoms. The number of aryl methyl sites for hydroxylation is 1. The third kappa shape index (κ3) is 5.27. The topological polar surface area (TPSA) is 67.3 Å². The monoisotopic (exact) mass is 345 g/mol. The van der Waals surface area contributed by atoms with E-state index in [4.69, 9.17) is 0 Å². The molecule has 2 rings (SSSR count). The van der Waals surface area contributed by atoms with E-state index in [1.807, 2.05) is 50.4 Å². The van der Waals surface area contributed by atoms with E-state index in [1.165, 1.54) is 16.9 Å². The summed E-state index contributed by atoms with van der Waals surface area (Å²) in [6.07, 6.45) is 0.794. The summed E-state index contributed by atoms with van der Waals surface area (Å²) in [6.45, 7) is 5.97. The first kappa shape index (κ1) is 18.3. The number of ketones is 1. The first-order chi connectivity index (χ1) is 11.3. The van der Waals surface area contributed by atoms with Crippen molar-refractivity contribution in [3.8, 4) is 10.6 Å². The number of carboxylic acids is 1. The normalized spacial score (nSPS) is 12.3. The molecule has 0 amide bonds. The highest BCUT2D eigenvalue weighted by Gasteiger charge is 2.22. The van der Waals surface area contributed by atoms with E-state index in [0.717, 1.165) is 10.6 Å². The molecule has 0 bridgehead atoms. The predicted molar refractivity (Wildman–Crippen MR) is 96.2 cm³/mol. The van der Waals surface area contributed by atoms with Crippen LogP contribution in [-0.2, 0) is 16.0 Å². The summed E-state index contributed by atoms with van der Waals surface area (Å²) in [4.78, 5) is 28.0. The molecule has 2 aromatic rings. The van der Waals surface area contributed by atoms with Crippen molar-refractivity contribution in [1.29, 1.82) is 0 Å². The van der Waals surface area contributed by atoms with Crippen molar-refractivity contribution >= 4 is 23.1 Å². The van der Waals surface area contributed by atoms with Crippen molar-refractivity contribution in [1.82, 2.24) is 4.98 Å². The van der Waals surface area contributed by atoms with Gasteiger partial charge in [-0.15, -0.1) is 11.3 Å². The lowest BCUT2D eigenvalue weighted by molar-refractivity contribution is -0.144. The van der Waals surface area contributed by atoms with Crippen LogP contribution in [0.1, 0.15) is 37.9 Å². The van der Waals surface area contributed by atoms with Crippen LogP contribution >= 0.6 is 11.3 Å². The molecular weight excluding hydrogens is 322 g/mol. The minimum absolute atomic E-state index is 0.0659. The van der Waals surface area contributed by atoms with Crippen LogP contribution in [0.25, 0.3) is 10.6 Å². The lowest BCUT2D eigenvalue weighted by atomic mass is 9.91. The maximum absolute atomic E-state index is 12.2. The van der Waals surface area contributed by atoms with Gasteiger partial charge in [0.2, 0.25) is 0 Å². The van der Waals surface area contributed by atoms with Gasteiger partial charge in [-0.25, -0.2) is 4.98 Å². The van der Waals surface area contributed by atoms with Gasteiger partial charge in [0, 0.05) is 23.8 Å². The number of hydrogen-bond donors (Lipinski definition) is 1. The average molecular weight is 345 g/mol. The maximum atomic E-state index is 12.2. The molecule has 0 saturated carbocycles. The molecule has 128 valence electrons. The summed E-state index contributed by atoms with van der Waals surface area (Å²) in [6, 6.07) is 8.10. The van der Waals surface area contributed by atoms with Crippen LogP contribution in [0.3, 0.4) is 0 Å². The number of aliphatic carboxylic acids is 1. The summed E-state index contributed by atoms with van der Waals surface area (Å²) in [5, 5.41) is 12.0. The van der Waals surface area contributed by atoms with Gasteiger partial charge >= 0.3 is 5.97 Å². The van der Waals surface area contributed by atoms with Crippen molar-refractivity contribution in [2.45, 2.75) is 40.0 Å². The summed E-state index contributed by atoms with van der Waals surface area (Å²) < 4.78 is 0. The third-order valence-corrected chi connectivity index (χ3v) is 4.75. The van der Waals surface area contributed by atoms with Gasteiger partial charge in [0.05, 0.1) is 11.6 Å². The number of rotatable bonds is 8. The number of carbonyl (C=O) groups is 2. The lowest BCUT2D eigenvalue weighted by Gasteiger charge is -2.13. The van der Waals surface area contributed by atoms with E-state index in [2.05, 4.69) is 4.98 Å². The predicted octanol–water partition coefficient (Wildman–Crippen LogP) is 4.37. The minimum atomic E-state index is -0.893. The Hall–Kier alpha value is -2.01. The van der Waals surface area contributed by atoms with Crippen LogP contribution < -0.4 is 0 Å². The number of nitrogens with zero attached hydrogens (tertiary/aromatic N) is 1. The van der Waals surface area contributed by atoms with Crippen molar-refractivity contribution in [2.24, 2.45) is 11.8 Å². The van der Waals surface area contributed by atoms with Crippen LogP contribution in [0.4, 0.5) is 0 Å². The van der Waals surface area contributed by atoms with Gasteiger partial charge in [0.15, 0.2) is 0 Å². The molecule has 0 saturated heterocycles. The Morgan fingerprint density at radius 2 is 1.88 bits per heavy atom. The second-order valence-electron chi connectivity index (χ2n) is 6.59. The highest BCUT2D eigenvalue weighted by atomic mass is 32.1. The van der Waals surface area contributed by atoms with Gasteiger partial charge < -0.3 is 5.11 Å². The van der Waals surface area contributed by atoms with E-state index < -0.39 is 11.9 Å². The van der Waals surface area contributed by atoms with Crippen molar-refractivity contribution in [3.63, 3.8) is 0 Å². The first-order valence-electron chi connectivity index (χ1n) is 8.11. The number of Topliss-reactive ketones (excluding diaryl/α,β-unsaturated/α-hetero) is 1. The van der Waals surface area contributed by atoms with Crippen molar-refractivity contribution in [2.75, 3.05) is 0 Å². The second kappa shape index (κ2) is 8.20. The molecule has 1 aromatic carbocycles. The largest absolute Gasteiger partial charge is 0.481 e. The Bertz CT molecular complexity index is 704. The number of thiazole rings is 1. The van der Waals surface area contributed by atoms with Gasteiger partial charge in [0.25, 0.3) is 0 Å². The molecule has 0 spiro atoms. The number of carboxylic acid groups (broad SMARTS) is 1. The molecule has 0 fully saturated rings. The molecule has 0 aliphatic carbocycles. The van der Waals surface area contributed by atoms with Crippen LogP contribution in [0.2, 0.25) is 0 Å². The van der Waals surface area contributed by atoms with Crippen LogP contribution in [0.15, 0.2) is 29.6 Å². The third-order valence-electron chi connectivity index (χ3n) is 3.81. The standard InChI is InChI=1S/C19H23NO3S/c1-12(2)8-15(19(22)23)9-17(21)10-16-11-24-18(20-16)14-6-4-13(3)5-7-14/h4-7,11-12,15H,8-10H2,1-3H3,(H,22,23)/t15-/m0/s1. The zero-order valence-corrected chi connectivity index (χ0v) is 15.1. The summed E-state index contributed by atoms with van der Waals surface area (Å²) in [5.74, 6) is -1.31. The van der Waals surface area contributed by atoms with Gasteiger partial charge in [-0.05, 0) is 19.3 Å². The first-order valence-corrected chi connectivity index (χ1v) is 8.99. The SMILES string of the molecule is Cc1ccc(-c2nc(CC(=O)C[C@H](CC(C)C)C(=O)O)cs2)cc1. The summed E-state index contributed by atoms with van der Waals surface area (Å²) in [5.41, 5.74) is 2.94. The molecule has 1 N–H and O–H groups in total. The number of carbonyl (C=O) groups excluding carboxylic acids is 1. The van der Waals surface area contributed by atoms with Gasteiger partial charge in [0.1, 0.15) is 10.8 Å². The van der Waals surface area contributed by atoms with E-state index in [9.17, 15) is 14.7 Å². The molecule has 1 aromatic heterocycles. The zero-order valence-electron chi connectivity index (χ0n) is 14.3. The number of hydrogen-bond acceptors (Lipinski definition) is 4. The molecule has 1 heterocycles. The minimum Gasteiger partial charge on any atom is -0.481 e. The number of benzene rings is 1. The van der Waals surface area contributed by atoms with Crippen LogP contribution in [-0.4, -0.2) is 21.8 Å². The number of aromatic nitrogens is 1. The smallest absolute Gasteiger partial charge is 0.306 e. The Kier molecular flexibility index (Phi) is 6.26. The molecule has 0 aliphatic rings. The Morgan fingerprint density at radius 1 is 1.21 bits per heavy atom. The Labute approximate surface area is 146 Å². The van der Waals surface area contributed by atoms with Crippen molar-refractivity contribution < 1.29 is 14.7 Å². The molecule has 0 aliphatic heterocycles. The fraction of sp³-hybridized carbons (Fsp3) is 0.421. The molecule has 4 nitrogen and oxygen atoms in total. The van der Waals surface area contributed by atoms with Crippen molar-refractivity contribution in [3.05, 3.63) is 40.9 Å². The highest BCUT2D eigenvalue weighted by Crippen LogP contribution is 2.25. The molecule has 0 unspecified atom stereocenters. The molecule has 1 atom stereocenters. The second-order valence-corrected chi connectivity index (χ2v) is 7.45. The van der Waals surface area contributed by atoms with E-state index >= 15 is 0 Å². The van der Waals surface area contributed by atoms with E-state index in [0.29, 0.717) is 12.1 Å². The fourth-order valence-corrected chi connectivity index (χ4v) is 3.43. The fourth-order valence-electron chi connectivity index (χ4n) is 2.61. The molecule has 5 heteroatoms. The van der Waals surface area contributed by atoms with Gasteiger partial charge in [-0.1, -0.05) is 43.7 Å². The van der Waals surface area contributed by atoms with Crippen LogP contribution in [0, 0.1) is 18.8 Å². The Morgan fingerprint density at radius 3 is 2.46 bits per heavy atom. The average Bonchev–Trinajstić information content (AvgIpc) is 2.95. The molecule has 0 radical (unpaired) electrons. The van der Waals surface area contributed by atoms with Crippen LogP contribution in [0.5, 0.6) is 0 Å². The molecular formula is C19H23NO3S.